The molecule has 0 atom stereocenters. The molecular formula is C12H20N4O. The molecule has 0 radical (unpaired) electrons. The largest absolute Gasteiger partial charge is 0.344 e. The first-order chi connectivity index (χ1) is 8.04. The summed E-state index contributed by atoms with van der Waals surface area (Å²) < 4.78 is 0. The number of anilines is 1. The first-order valence-electron chi connectivity index (χ1n) is 5.80. The third-order valence-corrected chi connectivity index (χ3v) is 2.67. The fraction of sp³-hybridized carbons (Fsp3) is 0.583. The van der Waals surface area contributed by atoms with Crippen LogP contribution >= 0.6 is 0 Å². The van der Waals surface area contributed by atoms with Crippen LogP contribution in [0.1, 0.15) is 19.4 Å². The molecular weight excluding hydrogens is 216 g/mol. The van der Waals surface area contributed by atoms with Crippen LogP contribution in [0.5, 0.6) is 0 Å². The van der Waals surface area contributed by atoms with E-state index in [4.69, 9.17) is 0 Å². The van der Waals surface area contributed by atoms with Gasteiger partial charge in [-0.15, -0.1) is 0 Å². The molecule has 0 aliphatic carbocycles. The Bertz CT molecular complexity index is 363. The number of aromatic nitrogens is 2. The van der Waals surface area contributed by atoms with Crippen molar-refractivity contribution in [2.45, 2.75) is 20.8 Å². The fourth-order valence-electron chi connectivity index (χ4n) is 1.38. The molecule has 0 aliphatic heterocycles. The summed E-state index contributed by atoms with van der Waals surface area (Å²) in [6.45, 7) is 7.84. The van der Waals surface area contributed by atoms with E-state index in [9.17, 15) is 4.79 Å². The number of carbonyl (C=O) groups is 1. The maximum absolute atomic E-state index is 11.1. The van der Waals surface area contributed by atoms with Crippen molar-refractivity contribution in [3.63, 3.8) is 0 Å². The van der Waals surface area contributed by atoms with Crippen LogP contribution in [0.2, 0.25) is 0 Å². The standard InChI is InChI=1S/C12H20N4O/c1-5-16(7-6-15(4)11(3)17)12-13-8-10(2)9-14-12/h8-9H,5-7H2,1-4H3. The normalized spacial score (nSPS) is 10.1. The topological polar surface area (TPSA) is 49.3 Å². The summed E-state index contributed by atoms with van der Waals surface area (Å²) in [7, 11) is 1.80. The lowest BCUT2D eigenvalue weighted by Gasteiger charge is -2.23. The highest BCUT2D eigenvalue weighted by atomic mass is 16.2. The molecule has 0 spiro atoms. The van der Waals surface area contributed by atoms with Gasteiger partial charge in [-0.1, -0.05) is 0 Å². The predicted octanol–water partition coefficient (Wildman–Crippen LogP) is 1.09. The number of amides is 1. The van der Waals surface area contributed by atoms with Gasteiger partial charge in [-0.05, 0) is 19.4 Å². The Labute approximate surface area is 102 Å². The molecule has 94 valence electrons. The second-order valence-corrected chi connectivity index (χ2v) is 4.08. The van der Waals surface area contributed by atoms with Crippen molar-refractivity contribution in [3.05, 3.63) is 18.0 Å². The van der Waals surface area contributed by atoms with Gasteiger partial charge in [0.05, 0.1) is 0 Å². The molecule has 1 amide bonds. The van der Waals surface area contributed by atoms with Crippen LogP contribution < -0.4 is 4.90 Å². The predicted molar refractivity (Wildman–Crippen MR) is 68.0 cm³/mol. The average molecular weight is 236 g/mol. The van der Waals surface area contributed by atoms with E-state index in [1.165, 1.54) is 0 Å². The Morgan fingerprint density at radius 3 is 2.35 bits per heavy atom. The van der Waals surface area contributed by atoms with E-state index >= 15 is 0 Å². The summed E-state index contributed by atoms with van der Waals surface area (Å²) in [5.41, 5.74) is 1.05. The molecule has 1 rings (SSSR count). The molecule has 1 heterocycles. The lowest BCUT2D eigenvalue weighted by molar-refractivity contribution is -0.127. The molecule has 0 N–H and O–H groups in total. The summed E-state index contributed by atoms with van der Waals surface area (Å²) >= 11 is 0. The molecule has 5 nitrogen and oxygen atoms in total. The number of aryl methyl sites for hydroxylation is 1. The Kier molecular flexibility index (Phi) is 4.87. The van der Waals surface area contributed by atoms with Crippen LogP contribution in [0.3, 0.4) is 0 Å². The van der Waals surface area contributed by atoms with Gasteiger partial charge in [-0.25, -0.2) is 9.97 Å². The minimum absolute atomic E-state index is 0.0749. The van der Waals surface area contributed by atoms with E-state index in [0.717, 1.165) is 24.6 Å². The van der Waals surface area contributed by atoms with Gasteiger partial charge >= 0.3 is 0 Å². The smallest absolute Gasteiger partial charge is 0.225 e. The number of carbonyl (C=O) groups excluding carboxylic acids is 1. The molecule has 0 bridgehead atoms. The van der Waals surface area contributed by atoms with E-state index < -0.39 is 0 Å². The van der Waals surface area contributed by atoms with E-state index in [2.05, 4.69) is 21.8 Å². The molecule has 17 heavy (non-hydrogen) atoms. The highest BCUT2D eigenvalue weighted by Gasteiger charge is 2.09. The lowest BCUT2D eigenvalue weighted by Crippen LogP contribution is -2.36. The molecule has 0 saturated heterocycles. The van der Waals surface area contributed by atoms with E-state index in [1.807, 2.05) is 6.92 Å². The van der Waals surface area contributed by atoms with Crippen molar-refractivity contribution in [2.24, 2.45) is 0 Å². The van der Waals surface area contributed by atoms with Crippen LogP contribution in [0.4, 0.5) is 5.95 Å². The van der Waals surface area contributed by atoms with E-state index in [0.29, 0.717) is 6.54 Å². The lowest BCUT2D eigenvalue weighted by atomic mass is 10.4. The fourth-order valence-corrected chi connectivity index (χ4v) is 1.38. The molecule has 1 aromatic heterocycles. The van der Waals surface area contributed by atoms with Crippen LogP contribution in [-0.2, 0) is 4.79 Å². The summed E-state index contributed by atoms with van der Waals surface area (Å²) in [4.78, 5) is 23.4. The van der Waals surface area contributed by atoms with Crippen LogP contribution in [0.25, 0.3) is 0 Å². The monoisotopic (exact) mass is 236 g/mol. The molecule has 0 fully saturated rings. The van der Waals surface area contributed by atoms with Gasteiger partial charge in [0.25, 0.3) is 0 Å². The van der Waals surface area contributed by atoms with E-state index in [1.54, 1.807) is 31.3 Å². The van der Waals surface area contributed by atoms with E-state index in [-0.39, 0.29) is 5.91 Å². The SMILES string of the molecule is CCN(CCN(C)C(C)=O)c1ncc(C)cn1. The molecule has 0 unspecified atom stereocenters. The molecule has 1 aromatic rings. The zero-order valence-corrected chi connectivity index (χ0v) is 11.0. The zero-order chi connectivity index (χ0) is 12.8. The highest BCUT2D eigenvalue weighted by Crippen LogP contribution is 2.06. The summed E-state index contributed by atoms with van der Waals surface area (Å²) in [5.74, 6) is 0.793. The first-order valence-corrected chi connectivity index (χ1v) is 5.80. The average Bonchev–Trinajstić information content (AvgIpc) is 2.31. The number of hydrogen-bond donors (Lipinski definition) is 0. The van der Waals surface area contributed by atoms with Crippen molar-refractivity contribution in [2.75, 3.05) is 31.6 Å². The Morgan fingerprint density at radius 1 is 1.29 bits per heavy atom. The van der Waals surface area contributed by atoms with Gasteiger partial charge in [0.1, 0.15) is 0 Å². The van der Waals surface area contributed by atoms with Crippen LogP contribution in [-0.4, -0.2) is 47.5 Å². The maximum atomic E-state index is 11.1. The van der Waals surface area contributed by atoms with Crippen molar-refractivity contribution in [1.82, 2.24) is 14.9 Å². The number of likely N-dealkylation sites (N-methyl/N-ethyl adjacent to an activating group) is 2. The van der Waals surface area contributed by atoms with Gasteiger partial charge in [0.2, 0.25) is 11.9 Å². The quantitative estimate of drug-likeness (QED) is 0.768. The maximum Gasteiger partial charge on any atom is 0.225 e. The Hall–Kier alpha value is -1.65. The Balaban J connectivity index is 2.60. The molecule has 0 aliphatic rings. The van der Waals surface area contributed by atoms with Gasteiger partial charge in [-0.3, -0.25) is 4.79 Å². The van der Waals surface area contributed by atoms with Crippen LogP contribution in [0, 0.1) is 6.92 Å². The first kappa shape index (κ1) is 13.4. The van der Waals surface area contributed by atoms with Gasteiger partial charge in [0.15, 0.2) is 0 Å². The molecule has 0 aromatic carbocycles. The van der Waals surface area contributed by atoms with Gasteiger partial charge in [0, 0.05) is 46.0 Å². The molecule has 5 heteroatoms. The second-order valence-electron chi connectivity index (χ2n) is 4.08. The van der Waals surface area contributed by atoms with Crippen molar-refractivity contribution < 1.29 is 4.79 Å². The summed E-state index contributed by atoms with van der Waals surface area (Å²) in [6.07, 6.45) is 3.61. The number of rotatable bonds is 5. The zero-order valence-electron chi connectivity index (χ0n) is 11.0. The molecule has 0 saturated carbocycles. The van der Waals surface area contributed by atoms with Crippen molar-refractivity contribution >= 4 is 11.9 Å². The van der Waals surface area contributed by atoms with Crippen LogP contribution in [0.15, 0.2) is 12.4 Å². The second kappa shape index (κ2) is 6.18. The summed E-state index contributed by atoms with van der Waals surface area (Å²) in [6, 6.07) is 0. The van der Waals surface area contributed by atoms with Crippen molar-refractivity contribution in [3.8, 4) is 0 Å². The third-order valence-electron chi connectivity index (χ3n) is 2.67. The van der Waals surface area contributed by atoms with Gasteiger partial charge in [-0.2, -0.15) is 0 Å². The summed E-state index contributed by atoms with van der Waals surface area (Å²) in [5, 5.41) is 0. The number of nitrogens with zero attached hydrogens (tertiary/aromatic N) is 4. The number of hydrogen-bond acceptors (Lipinski definition) is 4. The third kappa shape index (κ3) is 4.01. The minimum Gasteiger partial charge on any atom is -0.344 e. The Morgan fingerprint density at radius 2 is 1.88 bits per heavy atom. The highest BCUT2D eigenvalue weighted by molar-refractivity contribution is 5.72. The van der Waals surface area contributed by atoms with Gasteiger partial charge < -0.3 is 9.80 Å². The minimum atomic E-state index is 0.0749. The van der Waals surface area contributed by atoms with Crippen molar-refractivity contribution in [1.29, 1.82) is 0 Å².